The first-order valence-electron chi connectivity index (χ1n) is 4.85. The maximum absolute atomic E-state index is 10.7. The molecular formula is C10H14O4-2. The van der Waals surface area contributed by atoms with Gasteiger partial charge in [-0.15, -0.1) is 0 Å². The fourth-order valence-electron chi connectivity index (χ4n) is 2.12. The molecule has 4 heteroatoms. The summed E-state index contributed by atoms with van der Waals surface area (Å²) in [6.07, 6.45) is 0.754. The third-order valence-electron chi connectivity index (χ3n) is 3.31. The van der Waals surface area contributed by atoms with Gasteiger partial charge in [0.25, 0.3) is 0 Å². The molecule has 1 aliphatic carbocycles. The highest BCUT2D eigenvalue weighted by molar-refractivity contribution is 5.78. The van der Waals surface area contributed by atoms with Crippen LogP contribution in [-0.4, -0.2) is 11.9 Å². The first-order valence-corrected chi connectivity index (χ1v) is 4.85. The van der Waals surface area contributed by atoms with Crippen LogP contribution in [0.3, 0.4) is 0 Å². The molecule has 0 aromatic carbocycles. The van der Waals surface area contributed by atoms with E-state index in [0.29, 0.717) is 12.8 Å². The highest BCUT2D eigenvalue weighted by Crippen LogP contribution is 2.37. The normalized spacial score (nSPS) is 37.9. The molecular weight excluding hydrogens is 184 g/mol. The Hall–Kier alpha value is -1.06. The molecule has 1 aliphatic rings. The Morgan fingerprint density at radius 1 is 0.929 bits per heavy atom. The lowest BCUT2D eigenvalue weighted by atomic mass is 9.69. The van der Waals surface area contributed by atoms with Crippen LogP contribution in [0.1, 0.15) is 26.7 Å². The minimum absolute atomic E-state index is 0.230. The Labute approximate surface area is 82.9 Å². The van der Waals surface area contributed by atoms with Crippen LogP contribution in [0.25, 0.3) is 0 Å². The molecule has 0 aliphatic heterocycles. The average molecular weight is 198 g/mol. The fraction of sp³-hybridized carbons (Fsp3) is 0.800. The molecule has 14 heavy (non-hydrogen) atoms. The minimum Gasteiger partial charge on any atom is -0.550 e. The van der Waals surface area contributed by atoms with E-state index >= 15 is 0 Å². The maximum Gasteiger partial charge on any atom is 0.0451 e. The number of rotatable bonds is 2. The Kier molecular flexibility index (Phi) is 3.13. The van der Waals surface area contributed by atoms with Crippen LogP contribution < -0.4 is 10.2 Å². The summed E-state index contributed by atoms with van der Waals surface area (Å²) in [5.74, 6) is -3.84. The average Bonchev–Trinajstić information content (AvgIpc) is 2.08. The molecule has 0 N–H and O–H groups in total. The number of carbonyl (C=O) groups excluding carboxylic acids is 2. The molecule has 1 saturated carbocycles. The largest absolute Gasteiger partial charge is 0.550 e. The lowest BCUT2D eigenvalue weighted by Gasteiger charge is -2.39. The first kappa shape index (κ1) is 11.0. The standard InChI is InChI=1S/C10H16O4/c1-5-3-7(9(11)12)8(10(13)14)4-6(5)2/h5-8H,3-4H2,1-2H3,(H,11,12)(H,13,14)/p-2/t5-,6-,7-,8+/m0/s1. The molecule has 0 aromatic heterocycles. The molecule has 0 heterocycles. The van der Waals surface area contributed by atoms with Gasteiger partial charge in [0.1, 0.15) is 0 Å². The third kappa shape index (κ3) is 2.05. The molecule has 80 valence electrons. The van der Waals surface area contributed by atoms with Crippen molar-refractivity contribution in [3.63, 3.8) is 0 Å². The number of carbonyl (C=O) groups is 2. The van der Waals surface area contributed by atoms with Gasteiger partial charge < -0.3 is 19.8 Å². The predicted molar refractivity (Wildman–Crippen MR) is 44.6 cm³/mol. The van der Waals surface area contributed by atoms with E-state index in [-0.39, 0.29) is 11.8 Å². The van der Waals surface area contributed by atoms with E-state index in [0.717, 1.165) is 0 Å². The van der Waals surface area contributed by atoms with Crippen molar-refractivity contribution in [2.75, 3.05) is 0 Å². The summed E-state index contributed by atoms with van der Waals surface area (Å²) in [6, 6.07) is 0. The first-order chi connectivity index (χ1) is 6.43. The molecule has 0 bridgehead atoms. The van der Waals surface area contributed by atoms with Crippen molar-refractivity contribution in [3.05, 3.63) is 0 Å². The van der Waals surface area contributed by atoms with E-state index < -0.39 is 23.8 Å². The molecule has 1 fully saturated rings. The molecule has 0 saturated heterocycles. The van der Waals surface area contributed by atoms with E-state index in [9.17, 15) is 19.8 Å². The van der Waals surface area contributed by atoms with Gasteiger partial charge >= 0.3 is 0 Å². The van der Waals surface area contributed by atoms with Gasteiger partial charge in [-0.3, -0.25) is 0 Å². The van der Waals surface area contributed by atoms with E-state index in [1.54, 1.807) is 0 Å². The van der Waals surface area contributed by atoms with Gasteiger partial charge in [-0.25, -0.2) is 0 Å². The SMILES string of the molecule is C[C@H]1C[C@H](C(=O)[O-])[C@H](C(=O)[O-])C[C@@H]1C. The molecule has 4 nitrogen and oxygen atoms in total. The summed E-state index contributed by atoms with van der Waals surface area (Å²) in [5, 5.41) is 21.4. The van der Waals surface area contributed by atoms with E-state index in [1.165, 1.54) is 0 Å². The quantitative estimate of drug-likeness (QED) is 0.557. The van der Waals surface area contributed by atoms with E-state index in [1.807, 2.05) is 13.8 Å². The zero-order valence-electron chi connectivity index (χ0n) is 8.36. The summed E-state index contributed by atoms with van der Waals surface area (Å²) < 4.78 is 0. The summed E-state index contributed by atoms with van der Waals surface area (Å²) in [4.78, 5) is 21.4. The minimum atomic E-state index is -1.27. The lowest BCUT2D eigenvalue weighted by Crippen LogP contribution is -2.48. The zero-order chi connectivity index (χ0) is 10.9. The van der Waals surface area contributed by atoms with Crippen molar-refractivity contribution in [2.45, 2.75) is 26.7 Å². The fourth-order valence-corrected chi connectivity index (χ4v) is 2.12. The van der Waals surface area contributed by atoms with Crippen LogP contribution in [0.15, 0.2) is 0 Å². The van der Waals surface area contributed by atoms with E-state index in [2.05, 4.69) is 0 Å². The number of hydrogen-bond donors (Lipinski definition) is 0. The van der Waals surface area contributed by atoms with Crippen LogP contribution in [0.5, 0.6) is 0 Å². The predicted octanol–water partition coefficient (Wildman–Crippen LogP) is -1.22. The second-order valence-corrected chi connectivity index (χ2v) is 4.28. The van der Waals surface area contributed by atoms with Crippen LogP contribution in [0, 0.1) is 23.7 Å². The van der Waals surface area contributed by atoms with Crippen LogP contribution in [-0.2, 0) is 9.59 Å². The second kappa shape index (κ2) is 3.98. The highest BCUT2D eigenvalue weighted by atomic mass is 16.4. The van der Waals surface area contributed by atoms with E-state index in [4.69, 9.17) is 0 Å². The van der Waals surface area contributed by atoms with Crippen molar-refractivity contribution in [2.24, 2.45) is 23.7 Å². The Morgan fingerprint density at radius 2 is 1.21 bits per heavy atom. The summed E-state index contributed by atoms with van der Waals surface area (Å²) in [7, 11) is 0. The molecule has 0 spiro atoms. The second-order valence-electron chi connectivity index (χ2n) is 4.28. The molecule has 0 aromatic rings. The summed E-state index contributed by atoms with van der Waals surface area (Å²) >= 11 is 0. The molecule has 4 atom stereocenters. The lowest BCUT2D eigenvalue weighted by molar-refractivity contribution is -0.329. The highest BCUT2D eigenvalue weighted by Gasteiger charge is 2.34. The summed E-state index contributed by atoms with van der Waals surface area (Å²) in [5.41, 5.74) is 0. The Morgan fingerprint density at radius 3 is 1.43 bits per heavy atom. The van der Waals surface area contributed by atoms with Gasteiger partial charge in [0, 0.05) is 23.8 Å². The maximum atomic E-state index is 10.7. The van der Waals surface area contributed by atoms with Crippen molar-refractivity contribution in [3.8, 4) is 0 Å². The van der Waals surface area contributed by atoms with Gasteiger partial charge in [0.2, 0.25) is 0 Å². The van der Waals surface area contributed by atoms with Crippen molar-refractivity contribution in [1.29, 1.82) is 0 Å². The van der Waals surface area contributed by atoms with Crippen molar-refractivity contribution in [1.82, 2.24) is 0 Å². The van der Waals surface area contributed by atoms with Crippen molar-refractivity contribution >= 4 is 11.9 Å². The van der Waals surface area contributed by atoms with Crippen molar-refractivity contribution < 1.29 is 19.8 Å². The van der Waals surface area contributed by atoms with Crippen LogP contribution >= 0.6 is 0 Å². The Bertz CT molecular complexity index is 223. The molecule has 1 rings (SSSR count). The zero-order valence-corrected chi connectivity index (χ0v) is 8.36. The third-order valence-corrected chi connectivity index (χ3v) is 3.31. The topological polar surface area (TPSA) is 80.3 Å². The number of aliphatic carboxylic acids is 2. The van der Waals surface area contributed by atoms with Gasteiger partial charge in [-0.2, -0.15) is 0 Å². The smallest absolute Gasteiger partial charge is 0.0451 e. The van der Waals surface area contributed by atoms with Gasteiger partial charge in [0.05, 0.1) is 0 Å². The van der Waals surface area contributed by atoms with Gasteiger partial charge in [-0.1, -0.05) is 13.8 Å². The van der Waals surface area contributed by atoms with Gasteiger partial charge in [0.15, 0.2) is 0 Å². The van der Waals surface area contributed by atoms with Crippen LogP contribution in [0.4, 0.5) is 0 Å². The number of carboxylic acids is 2. The summed E-state index contributed by atoms with van der Waals surface area (Å²) in [6.45, 7) is 3.87. The molecule has 0 unspecified atom stereocenters. The molecule has 0 amide bonds. The number of carboxylic acid groups (broad SMARTS) is 2. The van der Waals surface area contributed by atoms with Gasteiger partial charge in [-0.05, 0) is 24.7 Å². The monoisotopic (exact) mass is 198 g/mol. The Balaban J connectivity index is 2.80. The molecule has 0 radical (unpaired) electrons. The van der Waals surface area contributed by atoms with Crippen LogP contribution in [0.2, 0.25) is 0 Å². The number of hydrogen-bond acceptors (Lipinski definition) is 4.